The zero-order chi connectivity index (χ0) is 8.23. The molecule has 0 unspecified atom stereocenters. The van der Waals surface area contributed by atoms with Gasteiger partial charge in [0.1, 0.15) is 0 Å². The Labute approximate surface area is 89.0 Å². The van der Waals surface area contributed by atoms with Crippen LogP contribution in [0.2, 0.25) is 0 Å². The smallest absolute Gasteiger partial charge is 0.0487 e. The Morgan fingerprint density at radius 3 is 1.33 bits per heavy atom. The van der Waals surface area contributed by atoms with E-state index in [1.54, 1.807) is 47.0 Å². The maximum Gasteiger partial charge on any atom is 0.0487 e. The third-order valence-corrected chi connectivity index (χ3v) is 5.26. The summed E-state index contributed by atoms with van der Waals surface area (Å²) in [5, 5.41) is 8.45. The highest BCUT2D eigenvalue weighted by Gasteiger charge is 2.02. The second-order valence-electron chi connectivity index (χ2n) is 1.99. The molecule has 0 aromatic carbocycles. The molecule has 0 aromatic rings. The van der Waals surface area contributed by atoms with Gasteiger partial charge in [-0.15, -0.1) is 0 Å². The van der Waals surface area contributed by atoms with Crippen molar-refractivity contribution in [3.63, 3.8) is 0 Å². The van der Waals surface area contributed by atoms with E-state index in [1.165, 1.54) is 8.47 Å². The van der Waals surface area contributed by atoms with Crippen molar-refractivity contribution in [3.8, 4) is 0 Å². The van der Waals surface area contributed by atoms with E-state index in [0.717, 1.165) is 0 Å². The van der Waals surface area contributed by atoms with Gasteiger partial charge in [0.05, 0.1) is 0 Å². The summed E-state index contributed by atoms with van der Waals surface area (Å²) in [6.45, 7) is 0. The van der Waals surface area contributed by atoms with Crippen LogP contribution in [0.5, 0.6) is 0 Å². The van der Waals surface area contributed by atoms with Crippen LogP contribution in [0.4, 0.5) is 0 Å². The lowest BCUT2D eigenvalue weighted by molar-refractivity contribution is 2.05. The molecule has 2 heterocycles. The predicted octanol–water partition coefficient (Wildman–Crippen LogP) is 4.57. The summed E-state index contributed by atoms with van der Waals surface area (Å²) in [4.78, 5) is 0. The standard InChI is InChI=1S/C8H6S4/c1(7-9-3-4-10-7)2-8-11-5-6-12-8/h1-6H. The van der Waals surface area contributed by atoms with E-state index >= 15 is 0 Å². The highest BCUT2D eigenvalue weighted by molar-refractivity contribution is 8.28. The Bertz CT molecular complexity index is 235. The molecule has 0 amide bonds. The van der Waals surface area contributed by atoms with Crippen molar-refractivity contribution in [2.75, 3.05) is 0 Å². The molecule has 0 saturated heterocycles. The molecule has 0 spiro atoms. The quantitative estimate of drug-likeness (QED) is 0.646. The first-order valence-electron chi connectivity index (χ1n) is 3.34. The lowest BCUT2D eigenvalue weighted by Gasteiger charge is -1.91. The molecule has 12 heavy (non-hydrogen) atoms. The predicted molar refractivity (Wildman–Crippen MR) is 64.8 cm³/mol. The minimum atomic E-state index is 1.36. The molecule has 2 rings (SSSR count). The molecule has 0 fully saturated rings. The molecule has 0 nitrogen and oxygen atoms in total. The van der Waals surface area contributed by atoms with Gasteiger partial charge in [-0.2, -0.15) is 0 Å². The normalized spacial score (nSPS) is 20.7. The van der Waals surface area contributed by atoms with Crippen LogP contribution in [-0.4, -0.2) is 0 Å². The summed E-state index contributed by atoms with van der Waals surface area (Å²) in [5.74, 6) is 0. The van der Waals surface area contributed by atoms with Gasteiger partial charge in [-0.3, -0.25) is 0 Å². The van der Waals surface area contributed by atoms with Gasteiger partial charge in [0.15, 0.2) is 0 Å². The Kier molecular flexibility index (Phi) is 3.39. The highest BCUT2D eigenvalue weighted by Crippen LogP contribution is 2.40. The van der Waals surface area contributed by atoms with E-state index in [0.29, 0.717) is 0 Å². The molecule has 0 N–H and O–H groups in total. The maximum absolute atomic E-state index is 2.18. The molecule has 0 aromatic heterocycles. The summed E-state index contributed by atoms with van der Waals surface area (Å²) in [6, 6.07) is 0. The van der Waals surface area contributed by atoms with E-state index in [9.17, 15) is 0 Å². The Hall–Kier alpha value is 0.360. The summed E-state index contributed by atoms with van der Waals surface area (Å²) in [6.07, 6.45) is 4.36. The second kappa shape index (κ2) is 4.56. The molecular weight excluding hydrogens is 224 g/mol. The van der Waals surface area contributed by atoms with Crippen LogP contribution < -0.4 is 0 Å². The molecule has 2 aliphatic rings. The van der Waals surface area contributed by atoms with Crippen LogP contribution >= 0.6 is 47.0 Å². The third-order valence-electron chi connectivity index (χ3n) is 1.20. The Balaban J connectivity index is 1.95. The van der Waals surface area contributed by atoms with Crippen LogP contribution in [0, 0.1) is 0 Å². The van der Waals surface area contributed by atoms with Gasteiger partial charge in [0, 0.05) is 8.47 Å². The molecule has 62 valence electrons. The van der Waals surface area contributed by atoms with Crippen LogP contribution in [0.25, 0.3) is 0 Å². The highest BCUT2D eigenvalue weighted by atomic mass is 32.2. The molecule has 0 saturated carbocycles. The van der Waals surface area contributed by atoms with E-state index in [2.05, 4.69) is 33.8 Å². The first kappa shape index (κ1) is 8.94. The van der Waals surface area contributed by atoms with Gasteiger partial charge in [0.2, 0.25) is 0 Å². The fourth-order valence-corrected chi connectivity index (χ4v) is 3.85. The number of rotatable bonds is 1. The van der Waals surface area contributed by atoms with Crippen molar-refractivity contribution in [2.45, 2.75) is 0 Å². The van der Waals surface area contributed by atoms with E-state index in [4.69, 9.17) is 0 Å². The average Bonchev–Trinajstić information content (AvgIpc) is 2.74. The van der Waals surface area contributed by atoms with Crippen LogP contribution in [-0.2, 0) is 0 Å². The number of thioether (sulfide) groups is 4. The van der Waals surface area contributed by atoms with Gasteiger partial charge in [-0.05, 0) is 33.8 Å². The van der Waals surface area contributed by atoms with Gasteiger partial charge in [-0.25, -0.2) is 0 Å². The first-order valence-corrected chi connectivity index (χ1v) is 6.86. The van der Waals surface area contributed by atoms with Crippen LogP contribution in [0.3, 0.4) is 0 Å². The fourth-order valence-electron chi connectivity index (χ4n) is 0.728. The maximum atomic E-state index is 2.18. The Morgan fingerprint density at radius 1 is 0.667 bits per heavy atom. The lowest BCUT2D eigenvalue weighted by Crippen LogP contribution is -1.60. The fraction of sp³-hybridized carbons (Fsp3) is 0. The largest absolute Gasteiger partial charge is 0.0902 e. The van der Waals surface area contributed by atoms with Gasteiger partial charge >= 0.3 is 0 Å². The molecular formula is C8H6S4. The summed E-state index contributed by atoms with van der Waals surface area (Å²) in [7, 11) is 0. The molecule has 0 bridgehead atoms. The van der Waals surface area contributed by atoms with Crippen molar-refractivity contribution in [2.24, 2.45) is 0 Å². The SMILES string of the molecule is C1=CSC(=CC=C2SC=CS2)S1. The van der Waals surface area contributed by atoms with Crippen LogP contribution in [0.15, 0.2) is 42.3 Å². The lowest BCUT2D eigenvalue weighted by atomic mass is 10.6. The van der Waals surface area contributed by atoms with Gasteiger partial charge < -0.3 is 0 Å². The van der Waals surface area contributed by atoms with Crippen molar-refractivity contribution in [3.05, 3.63) is 42.3 Å². The molecule has 4 heteroatoms. The van der Waals surface area contributed by atoms with Crippen molar-refractivity contribution >= 4 is 47.0 Å². The first-order chi connectivity index (χ1) is 5.95. The molecule has 0 aliphatic carbocycles. The zero-order valence-electron chi connectivity index (χ0n) is 6.10. The van der Waals surface area contributed by atoms with Gasteiger partial charge in [0.25, 0.3) is 0 Å². The number of hydrogen-bond acceptors (Lipinski definition) is 4. The average molecular weight is 230 g/mol. The van der Waals surface area contributed by atoms with E-state index in [1.807, 2.05) is 0 Å². The summed E-state index contributed by atoms with van der Waals surface area (Å²) >= 11 is 7.14. The summed E-state index contributed by atoms with van der Waals surface area (Å²) < 4.78 is 2.71. The van der Waals surface area contributed by atoms with Crippen LogP contribution in [0.1, 0.15) is 0 Å². The minimum absolute atomic E-state index is 1.36. The second-order valence-corrected chi connectivity index (χ2v) is 6.29. The monoisotopic (exact) mass is 230 g/mol. The van der Waals surface area contributed by atoms with Crippen molar-refractivity contribution < 1.29 is 0 Å². The van der Waals surface area contributed by atoms with Crippen molar-refractivity contribution in [1.82, 2.24) is 0 Å². The molecule has 0 radical (unpaired) electrons. The minimum Gasteiger partial charge on any atom is -0.0902 e. The summed E-state index contributed by atoms with van der Waals surface area (Å²) in [5.41, 5.74) is 0. The molecule has 0 atom stereocenters. The third kappa shape index (κ3) is 2.42. The molecule has 2 aliphatic heterocycles. The van der Waals surface area contributed by atoms with E-state index in [-0.39, 0.29) is 0 Å². The van der Waals surface area contributed by atoms with E-state index < -0.39 is 0 Å². The zero-order valence-corrected chi connectivity index (χ0v) is 9.36. The number of hydrogen-bond donors (Lipinski definition) is 0. The topological polar surface area (TPSA) is 0 Å². The van der Waals surface area contributed by atoms with Crippen molar-refractivity contribution in [1.29, 1.82) is 0 Å². The number of allylic oxidation sites excluding steroid dienone is 2. The van der Waals surface area contributed by atoms with Gasteiger partial charge in [-0.1, -0.05) is 47.0 Å². The Morgan fingerprint density at radius 2 is 1.00 bits per heavy atom.